The predicted octanol–water partition coefficient (Wildman–Crippen LogP) is 2.80. The van der Waals surface area contributed by atoms with E-state index in [1.165, 1.54) is 6.07 Å². The first kappa shape index (κ1) is 27.1. The average Bonchev–Trinajstić information content (AvgIpc) is 3.16. The minimum absolute atomic E-state index is 0.163. The van der Waals surface area contributed by atoms with Crippen LogP contribution in [-0.2, 0) is 10.9 Å². The van der Waals surface area contributed by atoms with Gasteiger partial charge in [0.25, 0.3) is 5.91 Å². The van der Waals surface area contributed by atoms with Crippen LogP contribution in [-0.4, -0.2) is 71.3 Å². The van der Waals surface area contributed by atoms with Crippen LogP contribution in [0.5, 0.6) is 0 Å². The Bertz CT molecular complexity index is 1430. The van der Waals surface area contributed by atoms with Gasteiger partial charge < -0.3 is 31.3 Å². The molecule has 5 heterocycles. The molecule has 3 fully saturated rings. The molecule has 1 aliphatic carbocycles. The van der Waals surface area contributed by atoms with E-state index in [1.54, 1.807) is 12.3 Å². The molecule has 3 aliphatic rings. The summed E-state index contributed by atoms with van der Waals surface area (Å²) in [5, 5.41) is 2.74. The summed E-state index contributed by atoms with van der Waals surface area (Å²) in [5.74, 6) is 0.380. The smallest absolute Gasteiger partial charge is 0.382 e. The Morgan fingerprint density at radius 2 is 1.76 bits per heavy atom. The van der Waals surface area contributed by atoms with Crippen molar-refractivity contribution in [2.75, 3.05) is 60.2 Å². The molecule has 2 bridgehead atoms. The molecule has 0 radical (unpaired) electrons. The first-order valence-electron chi connectivity index (χ1n) is 13.5. The van der Waals surface area contributed by atoms with Crippen molar-refractivity contribution in [1.82, 2.24) is 19.9 Å². The van der Waals surface area contributed by atoms with Crippen LogP contribution < -0.4 is 26.6 Å². The van der Waals surface area contributed by atoms with Crippen molar-refractivity contribution in [1.29, 1.82) is 0 Å². The number of nitrogens with zero attached hydrogens (tertiary/aromatic N) is 6. The fraction of sp³-hybridized carbons (Fsp3) is 0.444. The Morgan fingerprint density at radius 1 is 1.02 bits per heavy atom. The number of nitrogens with one attached hydrogen (secondary N) is 1. The van der Waals surface area contributed by atoms with Crippen molar-refractivity contribution in [3.05, 3.63) is 47.9 Å². The number of anilines is 4. The van der Waals surface area contributed by atoms with Crippen LogP contribution in [0.4, 0.5) is 36.3 Å². The summed E-state index contributed by atoms with van der Waals surface area (Å²) in [7, 11) is 0. The first-order valence-corrected chi connectivity index (χ1v) is 13.5. The molecule has 6 rings (SSSR count). The Hall–Kier alpha value is -4.04. The number of carbonyl (C=O) groups excluding carboxylic acids is 1. The highest BCUT2D eigenvalue weighted by atomic mass is 19.4. The van der Waals surface area contributed by atoms with Gasteiger partial charge >= 0.3 is 6.18 Å². The van der Waals surface area contributed by atoms with Crippen LogP contribution in [0.1, 0.15) is 28.9 Å². The van der Waals surface area contributed by atoms with Gasteiger partial charge in [0.1, 0.15) is 17.2 Å². The molecule has 3 atom stereocenters. The fourth-order valence-electron chi connectivity index (χ4n) is 5.90. The summed E-state index contributed by atoms with van der Waals surface area (Å²) < 4.78 is 47.3. The van der Waals surface area contributed by atoms with Gasteiger partial charge in [0, 0.05) is 38.4 Å². The number of morpholine rings is 1. The van der Waals surface area contributed by atoms with Crippen molar-refractivity contribution in [3.8, 4) is 11.4 Å². The predicted molar refractivity (Wildman–Crippen MR) is 146 cm³/mol. The number of alkyl halides is 3. The van der Waals surface area contributed by atoms with Crippen LogP contribution >= 0.6 is 0 Å². The highest BCUT2D eigenvalue weighted by Crippen LogP contribution is 2.39. The maximum absolute atomic E-state index is 14.0. The lowest BCUT2D eigenvalue weighted by molar-refractivity contribution is -0.137. The summed E-state index contributed by atoms with van der Waals surface area (Å²) in [6.07, 6.45) is 0.0433. The summed E-state index contributed by atoms with van der Waals surface area (Å²) in [6.45, 7) is 3.33. The number of nitrogen functional groups attached to an aromatic ring is 1. The zero-order chi connectivity index (χ0) is 28.7. The van der Waals surface area contributed by atoms with Crippen molar-refractivity contribution in [2.24, 2.45) is 17.6 Å². The number of pyridine rings is 2. The highest BCUT2D eigenvalue weighted by Gasteiger charge is 2.40. The second-order valence-corrected chi connectivity index (χ2v) is 10.6. The van der Waals surface area contributed by atoms with Crippen LogP contribution in [0, 0.1) is 11.8 Å². The molecule has 5 N–H and O–H groups in total. The van der Waals surface area contributed by atoms with Crippen molar-refractivity contribution in [2.45, 2.75) is 25.1 Å². The number of hydrogen-bond donors (Lipinski definition) is 3. The molecule has 1 saturated carbocycles. The Labute approximate surface area is 234 Å². The van der Waals surface area contributed by atoms with Gasteiger partial charge in [0.2, 0.25) is 0 Å². The van der Waals surface area contributed by atoms with E-state index in [0.29, 0.717) is 49.8 Å². The van der Waals surface area contributed by atoms with E-state index in [-0.39, 0.29) is 23.2 Å². The van der Waals surface area contributed by atoms with Gasteiger partial charge in [-0.05, 0) is 48.9 Å². The third kappa shape index (κ3) is 5.36. The van der Waals surface area contributed by atoms with E-state index >= 15 is 0 Å². The summed E-state index contributed by atoms with van der Waals surface area (Å²) in [5.41, 5.74) is 11.1. The normalized spacial score (nSPS) is 22.6. The summed E-state index contributed by atoms with van der Waals surface area (Å²) >= 11 is 0. The number of hydrogen-bond acceptors (Lipinski definition) is 10. The van der Waals surface area contributed by atoms with E-state index in [4.69, 9.17) is 16.2 Å². The number of ether oxygens (including phenoxy) is 1. The Kier molecular flexibility index (Phi) is 7.11. The molecule has 11 nitrogen and oxygen atoms in total. The van der Waals surface area contributed by atoms with Crippen molar-refractivity contribution >= 4 is 29.0 Å². The van der Waals surface area contributed by atoms with E-state index in [9.17, 15) is 18.0 Å². The number of aromatic nitrogens is 4. The standard InChI is InChI=1S/C27H30F3N9O2/c28-27(29,30)17-5-6-20(38-8-10-41-11-9-38)36-22(17)18-12-34-24(32)23(35-18)26(40)37-25-19(2-1-7-33-25)39-13-15-3-4-16(14-39)21(15)31/h1-2,5-7,12,15-16,21H,3-4,8-11,13-14,31H2,(H2,32,34)(H,33,37,40)/t15-,16?,21-/m0/s1. The van der Waals surface area contributed by atoms with Gasteiger partial charge in [0.05, 0.1) is 30.7 Å². The van der Waals surface area contributed by atoms with Crippen LogP contribution in [0.2, 0.25) is 0 Å². The molecule has 0 aromatic carbocycles. The van der Waals surface area contributed by atoms with Crippen molar-refractivity contribution < 1.29 is 22.7 Å². The summed E-state index contributed by atoms with van der Waals surface area (Å²) in [4.78, 5) is 34.3. The van der Waals surface area contributed by atoms with E-state index in [1.807, 2.05) is 11.0 Å². The van der Waals surface area contributed by atoms with E-state index < -0.39 is 23.3 Å². The first-order chi connectivity index (χ1) is 19.7. The molecule has 1 unspecified atom stereocenters. The van der Waals surface area contributed by atoms with Crippen LogP contribution in [0.3, 0.4) is 0 Å². The quantitative estimate of drug-likeness (QED) is 0.419. The number of carbonyl (C=O) groups is 1. The lowest BCUT2D eigenvalue weighted by Crippen LogP contribution is -2.49. The van der Waals surface area contributed by atoms with E-state index in [2.05, 4.69) is 30.2 Å². The van der Waals surface area contributed by atoms with Gasteiger partial charge in [-0.3, -0.25) is 4.79 Å². The molecule has 3 aromatic rings. The minimum Gasteiger partial charge on any atom is -0.382 e. The topological polar surface area (TPSA) is 148 Å². The highest BCUT2D eigenvalue weighted by molar-refractivity contribution is 6.06. The number of nitrogens with two attached hydrogens (primary N) is 2. The second-order valence-electron chi connectivity index (χ2n) is 10.6. The molecule has 2 aliphatic heterocycles. The Morgan fingerprint density at radius 3 is 2.46 bits per heavy atom. The van der Waals surface area contributed by atoms with Gasteiger partial charge in [0.15, 0.2) is 17.3 Å². The lowest BCUT2D eigenvalue weighted by Gasteiger charge is -2.38. The zero-order valence-electron chi connectivity index (χ0n) is 22.1. The number of rotatable bonds is 5. The average molecular weight is 570 g/mol. The van der Waals surface area contributed by atoms with Gasteiger partial charge in [-0.2, -0.15) is 13.2 Å². The number of amides is 1. The molecule has 216 valence electrons. The summed E-state index contributed by atoms with van der Waals surface area (Å²) in [6, 6.07) is 6.08. The van der Waals surface area contributed by atoms with Crippen LogP contribution in [0.15, 0.2) is 36.7 Å². The van der Waals surface area contributed by atoms with Gasteiger partial charge in [-0.25, -0.2) is 19.9 Å². The fourth-order valence-corrected chi connectivity index (χ4v) is 5.90. The number of fused-ring (bicyclic) bond motifs is 2. The second kappa shape index (κ2) is 10.7. The third-order valence-corrected chi connectivity index (χ3v) is 8.05. The molecular weight excluding hydrogens is 539 g/mol. The van der Waals surface area contributed by atoms with Crippen LogP contribution in [0.25, 0.3) is 11.4 Å². The monoisotopic (exact) mass is 569 g/mol. The molecule has 41 heavy (non-hydrogen) atoms. The Balaban J connectivity index is 1.31. The van der Waals surface area contributed by atoms with E-state index in [0.717, 1.165) is 43.9 Å². The molecule has 0 spiro atoms. The largest absolute Gasteiger partial charge is 0.418 e. The molecule has 14 heteroatoms. The molecule has 2 saturated heterocycles. The van der Waals surface area contributed by atoms with Gasteiger partial charge in [-0.1, -0.05) is 0 Å². The molecule has 3 aromatic heterocycles. The molecular formula is C27H30F3N9O2. The third-order valence-electron chi connectivity index (χ3n) is 8.05. The molecule has 1 amide bonds. The maximum atomic E-state index is 14.0. The number of halogens is 3. The number of piperidine rings is 1. The van der Waals surface area contributed by atoms with Gasteiger partial charge in [-0.15, -0.1) is 0 Å². The van der Waals surface area contributed by atoms with Crippen molar-refractivity contribution in [3.63, 3.8) is 0 Å². The SMILES string of the molecule is Nc1ncc(-c2nc(N3CCOCC3)ccc2C(F)(F)F)nc1C(=O)Nc1ncccc1N1CC2CC[C@@H](C1)[C@@H]2N. The maximum Gasteiger partial charge on any atom is 0.418 e. The minimum atomic E-state index is -4.71. The zero-order valence-corrected chi connectivity index (χ0v) is 22.1. The lowest BCUT2D eigenvalue weighted by atomic mass is 9.93.